The molecule has 6 rings (SSSR count). The van der Waals surface area contributed by atoms with E-state index < -0.39 is 0 Å². The molecule has 1 saturated heterocycles. The first-order valence-electron chi connectivity index (χ1n) is 12.7. The number of carbonyl (C=O) groups excluding carboxylic acids is 1. The molecule has 3 N–H and O–H groups in total. The van der Waals surface area contributed by atoms with Gasteiger partial charge in [0.25, 0.3) is 5.91 Å². The number of piperazine rings is 1. The number of aromatic nitrogens is 5. The maximum atomic E-state index is 12.5. The molecule has 9 heteroatoms. The highest BCUT2D eigenvalue weighted by Gasteiger charge is 2.20. The van der Waals surface area contributed by atoms with Crippen molar-refractivity contribution in [2.75, 3.05) is 44.7 Å². The van der Waals surface area contributed by atoms with Crippen LogP contribution in [-0.4, -0.2) is 75.5 Å². The molecule has 37 heavy (non-hydrogen) atoms. The molecule has 188 valence electrons. The van der Waals surface area contributed by atoms with Crippen LogP contribution in [0.5, 0.6) is 0 Å². The highest BCUT2D eigenvalue weighted by molar-refractivity contribution is 6.05. The Morgan fingerprint density at radius 2 is 1.84 bits per heavy atom. The largest absolute Gasteiger partial charge is 0.354 e. The normalized spacial score (nSPS) is 14.5. The maximum Gasteiger partial charge on any atom is 0.253 e. The van der Waals surface area contributed by atoms with Gasteiger partial charge in [0.2, 0.25) is 0 Å². The van der Waals surface area contributed by atoms with Gasteiger partial charge in [-0.05, 0) is 68.4 Å². The Kier molecular flexibility index (Phi) is 5.84. The highest BCUT2D eigenvalue weighted by atomic mass is 16.1. The molecule has 1 amide bonds. The molecule has 5 aromatic rings. The zero-order chi connectivity index (χ0) is 25.5. The number of para-hydroxylation sites is 1. The quantitative estimate of drug-likeness (QED) is 0.341. The summed E-state index contributed by atoms with van der Waals surface area (Å²) in [7, 11) is 2.16. The van der Waals surface area contributed by atoms with Crippen molar-refractivity contribution in [1.82, 2.24) is 35.1 Å². The molecule has 1 aliphatic rings. The van der Waals surface area contributed by atoms with Crippen LogP contribution in [0.3, 0.4) is 0 Å². The number of carbonyl (C=O) groups is 1. The fourth-order valence-corrected chi connectivity index (χ4v) is 5.04. The average Bonchev–Trinajstić information content (AvgIpc) is 3.54. The van der Waals surface area contributed by atoms with Crippen LogP contribution in [0.2, 0.25) is 0 Å². The van der Waals surface area contributed by atoms with Gasteiger partial charge < -0.3 is 25.1 Å². The summed E-state index contributed by atoms with van der Waals surface area (Å²) in [4.78, 5) is 38.4. The summed E-state index contributed by atoms with van der Waals surface area (Å²) in [5, 5.41) is 2.86. The topological polar surface area (TPSA) is 106 Å². The Bertz CT molecular complexity index is 1610. The van der Waals surface area contributed by atoms with Crippen LogP contribution in [0.4, 0.5) is 5.82 Å². The van der Waals surface area contributed by atoms with Crippen LogP contribution >= 0.6 is 0 Å². The predicted octanol–water partition coefficient (Wildman–Crippen LogP) is 3.98. The van der Waals surface area contributed by atoms with Gasteiger partial charge in [-0.3, -0.25) is 4.79 Å². The van der Waals surface area contributed by atoms with E-state index in [0.717, 1.165) is 65.2 Å². The number of aryl methyl sites for hydroxylation is 1. The monoisotopic (exact) mass is 494 g/mol. The van der Waals surface area contributed by atoms with Crippen molar-refractivity contribution in [3.05, 3.63) is 59.8 Å². The SMILES string of the molecule is CCNC(=O)c1cccc2nc(-c3nc4c(C)cc(-c5cccnc5N5CCN(C)CC5)cc4[nH]3)[nH]c12. The number of H-pyrrole nitrogens is 2. The summed E-state index contributed by atoms with van der Waals surface area (Å²) in [6.07, 6.45) is 1.87. The number of anilines is 1. The van der Waals surface area contributed by atoms with E-state index in [0.29, 0.717) is 29.3 Å². The van der Waals surface area contributed by atoms with Gasteiger partial charge in [0, 0.05) is 44.5 Å². The summed E-state index contributed by atoms with van der Waals surface area (Å²) < 4.78 is 0. The number of fused-ring (bicyclic) bond motifs is 2. The number of hydrogen-bond acceptors (Lipinski definition) is 6. The van der Waals surface area contributed by atoms with Crippen molar-refractivity contribution in [3.8, 4) is 22.8 Å². The predicted molar refractivity (Wildman–Crippen MR) is 147 cm³/mol. The van der Waals surface area contributed by atoms with Gasteiger partial charge >= 0.3 is 0 Å². The molecule has 0 atom stereocenters. The van der Waals surface area contributed by atoms with E-state index in [-0.39, 0.29) is 5.91 Å². The average molecular weight is 495 g/mol. The number of likely N-dealkylation sites (N-methyl/N-ethyl adjacent to an activating group) is 1. The minimum absolute atomic E-state index is 0.124. The zero-order valence-corrected chi connectivity index (χ0v) is 21.3. The van der Waals surface area contributed by atoms with Crippen molar-refractivity contribution in [2.24, 2.45) is 0 Å². The Labute approximate surface area is 214 Å². The van der Waals surface area contributed by atoms with Gasteiger partial charge in [0.05, 0.1) is 27.6 Å². The lowest BCUT2D eigenvalue weighted by molar-refractivity contribution is 0.0957. The number of rotatable bonds is 5. The lowest BCUT2D eigenvalue weighted by Gasteiger charge is -2.34. The minimum atomic E-state index is -0.124. The first-order chi connectivity index (χ1) is 18.0. The molecule has 0 saturated carbocycles. The van der Waals surface area contributed by atoms with E-state index in [9.17, 15) is 4.79 Å². The number of nitrogens with zero attached hydrogens (tertiary/aromatic N) is 5. The van der Waals surface area contributed by atoms with Gasteiger partial charge in [-0.2, -0.15) is 0 Å². The van der Waals surface area contributed by atoms with Crippen molar-refractivity contribution >= 4 is 33.8 Å². The number of imidazole rings is 2. The number of aromatic amines is 2. The Morgan fingerprint density at radius 1 is 1.03 bits per heavy atom. The summed E-state index contributed by atoms with van der Waals surface area (Å²) in [5.41, 5.74) is 7.12. The van der Waals surface area contributed by atoms with Crippen molar-refractivity contribution in [2.45, 2.75) is 13.8 Å². The van der Waals surface area contributed by atoms with Crippen LogP contribution in [0.15, 0.2) is 48.7 Å². The van der Waals surface area contributed by atoms with Crippen LogP contribution in [0.1, 0.15) is 22.8 Å². The van der Waals surface area contributed by atoms with Gasteiger partial charge in [0.15, 0.2) is 11.6 Å². The lowest BCUT2D eigenvalue weighted by atomic mass is 10.0. The summed E-state index contributed by atoms with van der Waals surface area (Å²) in [6, 6.07) is 14.0. The highest BCUT2D eigenvalue weighted by Crippen LogP contribution is 2.33. The molecule has 0 radical (unpaired) electrons. The number of benzene rings is 2. The van der Waals surface area contributed by atoms with E-state index in [1.54, 1.807) is 6.07 Å². The molecular formula is C28H30N8O. The number of pyridine rings is 1. The van der Waals surface area contributed by atoms with Gasteiger partial charge in [-0.15, -0.1) is 0 Å². The second-order valence-corrected chi connectivity index (χ2v) is 9.58. The van der Waals surface area contributed by atoms with Gasteiger partial charge in [0.1, 0.15) is 5.82 Å². The van der Waals surface area contributed by atoms with Crippen LogP contribution < -0.4 is 10.2 Å². The molecule has 1 fully saturated rings. The van der Waals surface area contributed by atoms with Crippen molar-refractivity contribution in [3.63, 3.8) is 0 Å². The Hall–Kier alpha value is -4.24. The van der Waals surface area contributed by atoms with E-state index >= 15 is 0 Å². The molecule has 0 aliphatic carbocycles. The first kappa shape index (κ1) is 23.2. The van der Waals surface area contributed by atoms with Crippen LogP contribution in [-0.2, 0) is 0 Å². The fourth-order valence-electron chi connectivity index (χ4n) is 5.04. The second kappa shape index (κ2) is 9.33. The standard InChI is InChI=1S/C28H30N8O/c1-4-29-28(37)20-7-5-9-21-24(20)34-25(31-21)26-32-22-16-18(15-17(2)23(22)33-26)19-8-6-10-30-27(19)36-13-11-35(3)12-14-36/h5-10,15-16H,4,11-14H2,1-3H3,(H,29,37)(H,31,34)(H,32,33). The first-order valence-corrected chi connectivity index (χ1v) is 12.7. The van der Waals surface area contributed by atoms with E-state index in [1.165, 1.54) is 0 Å². The van der Waals surface area contributed by atoms with E-state index in [1.807, 2.05) is 31.3 Å². The molecule has 4 heterocycles. The number of hydrogen-bond donors (Lipinski definition) is 3. The fraction of sp³-hybridized carbons (Fsp3) is 0.286. The second-order valence-electron chi connectivity index (χ2n) is 9.58. The molecule has 1 aliphatic heterocycles. The third-order valence-corrected chi connectivity index (χ3v) is 7.00. The summed E-state index contributed by atoms with van der Waals surface area (Å²) in [6.45, 7) is 8.51. The smallest absolute Gasteiger partial charge is 0.253 e. The summed E-state index contributed by atoms with van der Waals surface area (Å²) in [5.74, 6) is 2.13. The Morgan fingerprint density at radius 3 is 2.65 bits per heavy atom. The van der Waals surface area contributed by atoms with Crippen molar-refractivity contribution < 1.29 is 4.79 Å². The molecule has 0 spiro atoms. The van der Waals surface area contributed by atoms with E-state index in [4.69, 9.17) is 15.0 Å². The minimum Gasteiger partial charge on any atom is -0.354 e. The zero-order valence-electron chi connectivity index (χ0n) is 21.3. The third-order valence-electron chi connectivity index (χ3n) is 7.00. The molecule has 3 aromatic heterocycles. The van der Waals surface area contributed by atoms with Gasteiger partial charge in [-0.25, -0.2) is 15.0 Å². The molecular weight excluding hydrogens is 464 g/mol. The van der Waals surface area contributed by atoms with Crippen molar-refractivity contribution in [1.29, 1.82) is 0 Å². The molecule has 0 unspecified atom stereocenters. The number of nitrogens with one attached hydrogen (secondary N) is 3. The maximum absolute atomic E-state index is 12.5. The van der Waals surface area contributed by atoms with Gasteiger partial charge in [-0.1, -0.05) is 6.07 Å². The van der Waals surface area contributed by atoms with E-state index in [2.05, 4.69) is 57.3 Å². The molecule has 2 aromatic carbocycles. The third kappa shape index (κ3) is 4.21. The lowest BCUT2D eigenvalue weighted by Crippen LogP contribution is -2.45. The molecule has 9 nitrogen and oxygen atoms in total. The van der Waals surface area contributed by atoms with Crippen LogP contribution in [0.25, 0.3) is 44.8 Å². The molecule has 0 bridgehead atoms. The number of amides is 1. The van der Waals surface area contributed by atoms with Crippen LogP contribution in [0, 0.1) is 6.92 Å². The Balaban J connectivity index is 1.40. The summed E-state index contributed by atoms with van der Waals surface area (Å²) >= 11 is 0.